The van der Waals surface area contributed by atoms with Crippen molar-refractivity contribution in [2.75, 3.05) is 51.0 Å². The third-order valence-corrected chi connectivity index (χ3v) is 8.97. The van der Waals surface area contributed by atoms with Crippen LogP contribution in [0.5, 0.6) is 6.01 Å². The number of aromatic nitrogens is 3. The maximum absolute atomic E-state index is 16.5. The van der Waals surface area contributed by atoms with E-state index in [-0.39, 0.29) is 22.1 Å². The molecule has 214 valence electrons. The fraction of sp³-hybridized carbons (Fsp3) is 0.433. The zero-order valence-corrected chi connectivity index (χ0v) is 24.5. The predicted octanol–water partition coefficient (Wildman–Crippen LogP) is 4.61. The number of hydrogen-bond acceptors (Lipinski definition) is 8. The fourth-order valence-corrected chi connectivity index (χ4v) is 6.55. The van der Waals surface area contributed by atoms with E-state index in [1.54, 1.807) is 12.1 Å². The van der Waals surface area contributed by atoms with E-state index in [9.17, 15) is 5.26 Å². The van der Waals surface area contributed by atoms with Crippen LogP contribution < -0.4 is 20.7 Å². The number of piperazine rings is 1. The van der Waals surface area contributed by atoms with Gasteiger partial charge in [0.1, 0.15) is 17.4 Å². The first kappa shape index (κ1) is 27.5. The quantitative estimate of drug-likeness (QED) is 0.340. The lowest BCUT2D eigenvalue weighted by molar-refractivity contribution is 0.229. The summed E-state index contributed by atoms with van der Waals surface area (Å²) in [6.07, 6.45) is 3.62. The van der Waals surface area contributed by atoms with Gasteiger partial charge in [0.25, 0.3) is 0 Å². The number of benzene rings is 2. The predicted molar refractivity (Wildman–Crippen MR) is 161 cm³/mol. The Morgan fingerprint density at radius 3 is 2.41 bits per heavy atom. The summed E-state index contributed by atoms with van der Waals surface area (Å²) >= 11 is 6.83. The number of anilines is 2. The average Bonchev–Trinajstić information content (AvgIpc) is 3.41. The number of hydrogen-bond donors (Lipinski definition) is 2. The Bertz CT molecular complexity index is 1700. The van der Waals surface area contributed by atoms with Crippen LogP contribution in [0, 0.1) is 24.1 Å². The minimum Gasteiger partial charge on any atom is -0.467 e. The molecule has 3 aliphatic heterocycles. The molecule has 3 aliphatic rings. The second-order valence-electron chi connectivity index (χ2n) is 11.2. The van der Waals surface area contributed by atoms with Crippen molar-refractivity contribution < 1.29 is 9.13 Å². The summed E-state index contributed by atoms with van der Waals surface area (Å²) in [7, 11) is 5.48. The van der Waals surface area contributed by atoms with Crippen molar-refractivity contribution in [3.05, 3.63) is 40.3 Å². The monoisotopic (exact) mass is 576 g/mol. The van der Waals surface area contributed by atoms with Gasteiger partial charge in [-0.05, 0) is 64.5 Å². The first-order chi connectivity index (χ1) is 19.7. The van der Waals surface area contributed by atoms with Gasteiger partial charge in [-0.15, -0.1) is 0 Å². The highest BCUT2D eigenvalue weighted by Crippen LogP contribution is 2.45. The first-order valence-corrected chi connectivity index (χ1v) is 14.3. The van der Waals surface area contributed by atoms with Crippen molar-refractivity contribution in [2.45, 2.75) is 38.3 Å². The molecular weight excluding hydrogens is 543 g/mol. The van der Waals surface area contributed by atoms with Crippen molar-refractivity contribution in [1.29, 1.82) is 5.26 Å². The number of aryl methyl sites for hydroxylation is 1. The third-order valence-electron chi connectivity index (χ3n) is 8.67. The SMILES string of the molecule is CN1CCC1.COc1nc(N2CC3CCC(C2)N3)c2cc(Cl)c(-c3c(C)n(C)c4ccc(N)c(C#N)c34)c(F)c2n1. The maximum Gasteiger partial charge on any atom is 0.318 e. The molecule has 2 atom stereocenters. The van der Waals surface area contributed by atoms with Crippen molar-refractivity contribution in [3.63, 3.8) is 0 Å². The topological polar surface area (TPSA) is 108 Å². The third kappa shape index (κ3) is 4.62. The smallest absolute Gasteiger partial charge is 0.318 e. The Labute approximate surface area is 243 Å². The standard InChI is InChI=1S/C26H25ClFN7O.C4H9N/c1-12-20(21-16(9-29)18(30)6-7-19(21)34(12)2)22-17(27)8-15-24(23(22)28)32-26(36-3)33-25(15)35-10-13-4-5-14(11-35)31-13;1-5-3-2-4-5/h6-8,13-14,31H,4-5,10-11,30H2,1-3H3;2-4H2,1H3. The van der Waals surface area contributed by atoms with E-state index in [1.807, 2.05) is 24.6 Å². The number of nitrogens with zero attached hydrogens (tertiary/aromatic N) is 6. The molecule has 11 heteroatoms. The number of nitrogens with two attached hydrogens (primary N) is 1. The van der Waals surface area contributed by atoms with Gasteiger partial charge in [-0.25, -0.2) is 4.39 Å². The average molecular weight is 577 g/mol. The largest absolute Gasteiger partial charge is 0.467 e. The highest BCUT2D eigenvalue weighted by Gasteiger charge is 2.34. The number of nitrogen functional groups attached to an aromatic ring is 1. The molecule has 2 unspecified atom stereocenters. The van der Waals surface area contributed by atoms with Crippen LogP contribution in [-0.2, 0) is 7.05 Å². The number of rotatable bonds is 3. The van der Waals surface area contributed by atoms with Crippen molar-refractivity contribution in [2.24, 2.45) is 7.05 Å². The molecule has 0 saturated carbocycles. The Morgan fingerprint density at radius 2 is 1.83 bits per heavy atom. The van der Waals surface area contributed by atoms with Crippen LogP contribution in [0.15, 0.2) is 18.2 Å². The van der Waals surface area contributed by atoms with Gasteiger partial charge in [0.2, 0.25) is 0 Å². The van der Waals surface area contributed by atoms with E-state index in [0.717, 1.165) is 37.1 Å². The molecular formula is C30H34ClFN8O. The second-order valence-corrected chi connectivity index (χ2v) is 11.6. The van der Waals surface area contributed by atoms with Gasteiger partial charge in [-0.1, -0.05) is 11.6 Å². The number of nitriles is 1. The number of nitrogens with one attached hydrogen (secondary N) is 1. The Kier molecular flexibility index (Phi) is 7.14. The van der Waals surface area contributed by atoms with Crippen molar-refractivity contribution in [3.8, 4) is 23.2 Å². The normalized spacial score (nSPS) is 20.1. The van der Waals surface area contributed by atoms with E-state index in [0.29, 0.717) is 45.5 Å². The maximum atomic E-state index is 16.5. The van der Waals surface area contributed by atoms with Crippen LogP contribution in [0.1, 0.15) is 30.5 Å². The van der Waals surface area contributed by atoms with E-state index >= 15 is 4.39 Å². The van der Waals surface area contributed by atoms with Gasteiger partial charge in [-0.2, -0.15) is 15.2 Å². The summed E-state index contributed by atoms with van der Waals surface area (Å²) < 4.78 is 23.8. The molecule has 0 radical (unpaired) electrons. The lowest BCUT2D eigenvalue weighted by Crippen LogP contribution is -2.51. The molecule has 3 fully saturated rings. The van der Waals surface area contributed by atoms with Crippen LogP contribution in [0.3, 0.4) is 0 Å². The second kappa shape index (κ2) is 10.6. The number of halogens is 2. The number of fused-ring (bicyclic) bond motifs is 4. The van der Waals surface area contributed by atoms with Crippen LogP contribution in [0.4, 0.5) is 15.9 Å². The van der Waals surface area contributed by atoms with E-state index in [2.05, 4.69) is 38.2 Å². The molecule has 9 nitrogen and oxygen atoms in total. The van der Waals surface area contributed by atoms with Crippen LogP contribution >= 0.6 is 11.6 Å². The van der Waals surface area contributed by atoms with Crippen LogP contribution in [-0.4, -0.2) is 71.9 Å². The van der Waals surface area contributed by atoms with Crippen molar-refractivity contribution >= 4 is 44.9 Å². The summed E-state index contributed by atoms with van der Waals surface area (Å²) in [5.74, 6) is 0.0265. The highest BCUT2D eigenvalue weighted by molar-refractivity contribution is 6.35. The van der Waals surface area contributed by atoms with Gasteiger partial charge < -0.3 is 30.2 Å². The van der Waals surface area contributed by atoms with Gasteiger partial charge in [0, 0.05) is 59.8 Å². The molecule has 2 aromatic carbocycles. The number of likely N-dealkylation sites (tertiary alicyclic amines) is 1. The zero-order valence-electron chi connectivity index (χ0n) is 23.8. The van der Waals surface area contributed by atoms with E-state index in [1.165, 1.54) is 26.6 Å². The molecule has 7 rings (SSSR count). The summed E-state index contributed by atoms with van der Waals surface area (Å²) in [6.45, 7) is 6.04. The fourth-order valence-electron chi connectivity index (χ4n) is 6.26. The summed E-state index contributed by atoms with van der Waals surface area (Å²) in [5, 5.41) is 14.8. The zero-order chi connectivity index (χ0) is 29.0. The lowest BCUT2D eigenvalue weighted by Gasteiger charge is -2.34. The molecule has 0 aliphatic carbocycles. The van der Waals surface area contributed by atoms with E-state index < -0.39 is 5.82 Å². The highest BCUT2D eigenvalue weighted by atomic mass is 35.5. The van der Waals surface area contributed by atoms with Gasteiger partial charge in [-0.3, -0.25) is 0 Å². The summed E-state index contributed by atoms with van der Waals surface area (Å²) in [5.41, 5.74) is 9.11. The number of ether oxygens (including phenoxy) is 1. The molecule has 4 aromatic rings. The minimum atomic E-state index is -0.584. The Hall–Kier alpha value is -3.65. The van der Waals surface area contributed by atoms with Crippen LogP contribution in [0.25, 0.3) is 32.9 Å². The number of methoxy groups -OCH3 is 1. The Balaban J connectivity index is 0.000000548. The molecule has 2 aromatic heterocycles. The molecule has 0 spiro atoms. The Morgan fingerprint density at radius 1 is 1.15 bits per heavy atom. The summed E-state index contributed by atoms with van der Waals surface area (Å²) in [6, 6.07) is 8.26. The molecule has 2 bridgehead atoms. The summed E-state index contributed by atoms with van der Waals surface area (Å²) in [4.78, 5) is 13.5. The van der Waals surface area contributed by atoms with Crippen LogP contribution in [0.2, 0.25) is 5.02 Å². The van der Waals surface area contributed by atoms with Gasteiger partial charge in [0.15, 0.2) is 5.82 Å². The van der Waals surface area contributed by atoms with E-state index in [4.69, 9.17) is 22.1 Å². The lowest BCUT2D eigenvalue weighted by atomic mass is 9.96. The van der Waals surface area contributed by atoms with Crippen molar-refractivity contribution in [1.82, 2.24) is 24.8 Å². The minimum absolute atomic E-state index is 0.0900. The molecule has 41 heavy (non-hydrogen) atoms. The van der Waals surface area contributed by atoms with Gasteiger partial charge in [0.05, 0.1) is 28.9 Å². The molecule has 0 amide bonds. The molecule has 3 N–H and O–H groups in total. The van der Waals surface area contributed by atoms with Gasteiger partial charge >= 0.3 is 6.01 Å². The first-order valence-electron chi connectivity index (χ1n) is 13.9. The molecule has 3 saturated heterocycles. The molecule has 5 heterocycles.